The lowest BCUT2D eigenvalue weighted by Crippen LogP contribution is -1.94. The molecular weight excluding hydrogens is 244 g/mol. The van der Waals surface area contributed by atoms with Gasteiger partial charge in [0.05, 0.1) is 12.1 Å². The van der Waals surface area contributed by atoms with Crippen LogP contribution in [0.1, 0.15) is 87.7 Å². The van der Waals surface area contributed by atoms with Crippen molar-refractivity contribution in [2.45, 2.75) is 84.2 Å². The molecule has 114 valence electrons. The summed E-state index contributed by atoms with van der Waals surface area (Å²) in [5.74, 6) is 0. The highest BCUT2D eigenvalue weighted by Crippen LogP contribution is 2.15. The fourth-order valence-corrected chi connectivity index (χ4v) is 2.50. The molecule has 0 aliphatic carbocycles. The van der Waals surface area contributed by atoms with Gasteiger partial charge in [0.15, 0.2) is 0 Å². The summed E-state index contributed by atoms with van der Waals surface area (Å²) >= 11 is 0. The molecule has 0 atom stereocenters. The predicted octanol–water partition coefficient (Wildman–Crippen LogP) is 5.64. The van der Waals surface area contributed by atoms with E-state index in [9.17, 15) is 5.11 Å². The highest BCUT2D eigenvalue weighted by molar-refractivity contribution is 5.26. The predicted molar refractivity (Wildman–Crippen MR) is 87.9 cm³/mol. The average molecular weight is 280 g/mol. The Bertz CT molecular complexity index is 503. The van der Waals surface area contributed by atoms with Gasteiger partial charge < -0.3 is 5.11 Å². The Hall–Kier alpha value is -0.820. The fraction of sp³-hybridized carbons (Fsp3) is 0.684. The van der Waals surface area contributed by atoms with Crippen LogP contribution in [0.5, 0.6) is 0 Å². The number of hydrogen-bond acceptors (Lipinski definition) is 1. The minimum Gasteiger partial charge on any atom is -0.392 e. The van der Waals surface area contributed by atoms with Crippen molar-refractivity contribution in [2.24, 2.45) is 0 Å². The lowest BCUT2D eigenvalue weighted by molar-refractivity contribution is 0.280. The summed E-state index contributed by atoms with van der Waals surface area (Å²) in [6.45, 7) is 1.90. The van der Waals surface area contributed by atoms with Crippen LogP contribution >= 0.6 is 0 Å². The van der Waals surface area contributed by atoms with E-state index in [0.29, 0.717) is 17.5 Å². The first-order chi connectivity index (χ1) is 11.5. The first kappa shape index (κ1) is 11.8. The molecule has 1 N–H and O–H groups in total. The maximum absolute atomic E-state index is 9.45. The van der Waals surface area contributed by atoms with E-state index in [2.05, 4.69) is 6.92 Å². The van der Waals surface area contributed by atoms with Crippen LogP contribution in [0.15, 0.2) is 24.2 Å². The van der Waals surface area contributed by atoms with Crippen molar-refractivity contribution in [2.75, 3.05) is 0 Å². The second kappa shape index (κ2) is 12.0. The number of rotatable bonds is 12. The van der Waals surface area contributed by atoms with Gasteiger partial charge in [0.1, 0.15) is 0 Å². The molecule has 0 aromatic heterocycles. The van der Waals surface area contributed by atoms with Gasteiger partial charge >= 0.3 is 0 Å². The molecule has 0 heterocycles. The maximum atomic E-state index is 9.45. The van der Waals surface area contributed by atoms with E-state index in [4.69, 9.17) is 5.48 Å². The molecule has 1 rings (SSSR count). The van der Waals surface area contributed by atoms with Gasteiger partial charge in [-0.05, 0) is 24.0 Å². The van der Waals surface area contributed by atoms with Crippen LogP contribution in [0, 0.1) is 0 Å². The molecule has 0 fully saturated rings. The summed E-state index contributed by atoms with van der Waals surface area (Å²) < 4.78 is 31.3. The zero-order valence-corrected chi connectivity index (χ0v) is 12.9. The topological polar surface area (TPSA) is 20.2 Å². The van der Waals surface area contributed by atoms with Crippen LogP contribution in [0.25, 0.3) is 0 Å². The molecule has 0 aliphatic heterocycles. The van der Waals surface area contributed by atoms with Crippen molar-refractivity contribution in [1.82, 2.24) is 0 Å². The van der Waals surface area contributed by atoms with Gasteiger partial charge in [-0.2, -0.15) is 0 Å². The first-order valence-electron chi connectivity index (χ1n) is 10.2. The zero-order valence-electron chi connectivity index (χ0n) is 16.9. The maximum Gasteiger partial charge on any atom is 0.0684 e. The van der Waals surface area contributed by atoms with Gasteiger partial charge in [-0.3, -0.25) is 0 Å². The summed E-state index contributed by atoms with van der Waals surface area (Å²) in [7, 11) is 0. The van der Waals surface area contributed by atoms with Gasteiger partial charge in [-0.25, -0.2) is 0 Å². The SMILES string of the molecule is [2H]c1c([2H])c([2H])c(CCCCCCCCCCCC)c(CO)c1[2H]. The molecule has 0 radical (unpaired) electrons. The standard InChI is InChI=1S/C19H32O/c1-2-3-4-5-6-7-8-9-10-11-14-18-15-12-13-16-19(18)17-20/h12-13,15-16,20H,2-11,14,17H2,1H3/i12D,13D,15D,16D. The molecule has 20 heavy (non-hydrogen) atoms. The van der Waals surface area contributed by atoms with Gasteiger partial charge in [0.2, 0.25) is 0 Å². The van der Waals surface area contributed by atoms with Crippen molar-refractivity contribution in [1.29, 1.82) is 0 Å². The van der Waals surface area contributed by atoms with Crippen molar-refractivity contribution in [3.8, 4) is 0 Å². The minimum atomic E-state index is -0.329. The molecule has 1 aromatic rings. The summed E-state index contributed by atoms with van der Waals surface area (Å²) in [6, 6.07) is -0.535. The summed E-state index contributed by atoms with van der Waals surface area (Å²) in [5, 5.41) is 9.45. The Morgan fingerprint density at radius 2 is 1.30 bits per heavy atom. The van der Waals surface area contributed by atoms with E-state index in [1.54, 1.807) is 0 Å². The largest absolute Gasteiger partial charge is 0.392 e. The van der Waals surface area contributed by atoms with E-state index in [-0.39, 0.29) is 30.8 Å². The van der Waals surface area contributed by atoms with Gasteiger partial charge in [-0.15, -0.1) is 0 Å². The molecule has 1 heteroatoms. The van der Waals surface area contributed by atoms with Gasteiger partial charge in [0.25, 0.3) is 0 Å². The third-order valence-electron chi connectivity index (χ3n) is 3.79. The van der Waals surface area contributed by atoms with E-state index >= 15 is 0 Å². The van der Waals surface area contributed by atoms with E-state index in [1.807, 2.05) is 0 Å². The van der Waals surface area contributed by atoms with E-state index in [0.717, 1.165) is 12.8 Å². The lowest BCUT2D eigenvalue weighted by atomic mass is 10.0. The molecule has 0 aliphatic rings. The Balaban J connectivity index is 2.35. The first-order valence-corrected chi connectivity index (χ1v) is 8.23. The lowest BCUT2D eigenvalue weighted by Gasteiger charge is -2.07. The highest BCUT2D eigenvalue weighted by Gasteiger charge is 2.00. The van der Waals surface area contributed by atoms with Crippen LogP contribution in [0.4, 0.5) is 0 Å². The van der Waals surface area contributed by atoms with Crippen molar-refractivity contribution < 1.29 is 10.6 Å². The highest BCUT2D eigenvalue weighted by atomic mass is 16.3. The molecule has 1 aromatic carbocycles. The quantitative estimate of drug-likeness (QED) is 0.491. The van der Waals surface area contributed by atoms with E-state index < -0.39 is 0 Å². The number of aliphatic hydroxyl groups excluding tert-OH is 1. The van der Waals surface area contributed by atoms with Crippen LogP contribution in [-0.4, -0.2) is 5.11 Å². The number of hydrogen-bond donors (Lipinski definition) is 1. The molecule has 0 unspecified atom stereocenters. The summed E-state index contributed by atoms with van der Waals surface area (Å²) in [6.07, 6.45) is 12.9. The molecule has 0 amide bonds. The van der Waals surface area contributed by atoms with Gasteiger partial charge in [0, 0.05) is 0 Å². The second-order valence-corrected chi connectivity index (χ2v) is 5.55. The van der Waals surface area contributed by atoms with Gasteiger partial charge in [-0.1, -0.05) is 88.9 Å². The molecule has 1 nitrogen and oxygen atoms in total. The molecule has 0 bridgehead atoms. The molecular formula is C19H32O. The zero-order chi connectivity index (χ0) is 17.9. The molecule has 0 saturated heterocycles. The number of benzene rings is 1. The van der Waals surface area contributed by atoms with E-state index in [1.165, 1.54) is 51.4 Å². The van der Waals surface area contributed by atoms with Crippen LogP contribution in [-0.2, 0) is 13.0 Å². The Kier molecular flexibility index (Phi) is 7.06. The summed E-state index contributed by atoms with van der Waals surface area (Å²) in [4.78, 5) is 0. The summed E-state index contributed by atoms with van der Waals surface area (Å²) in [5.41, 5.74) is 0.944. The average Bonchev–Trinajstić information content (AvgIpc) is 2.59. The normalized spacial score (nSPS) is 13.7. The van der Waals surface area contributed by atoms with Crippen molar-refractivity contribution in [3.05, 3.63) is 35.3 Å². The number of aliphatic hydroxyl groups is 1. The molecule has 0 saturated carbocycles. The number of unbranched alkanes of at least 4 members (excludes halogenated alkanes) is 9. The smallest absolute Gasteiger partial charge is 0.0684 e. The Labute approximate surface area is 131 Å². The van der Waals surface area contributed by atoms with Crippen molar-refractivity contribution >= 4 is 0 Å². The minimum absolute atomic E-state index is 0.0102. The van der Waals surface area contributed by atoms with Crippen LogP contribution in [0.3, 0.4) is 0 Å². The van der Waals surface area contributed by atoms with Crippen molar-refractivity contribution in [3.63, 3.8) is 0 Å². The molecule has 0 spiro atoms. The third kappa shape index (κ3) is 7.69. The monoisotopic (exact) mass is 280 g/mol. The van der Waals surface area contributed by atoms with Crippen LogP contribution in [0.2, 0.25) is 0 Å². The fourth-order valence-electron chi connectivity index (χ4n) is 2.50. The van der Waals surface area contributed by atoms with Crippen LogP contribution < -0.4 is 0 Å². The Morgan fingerprint density at radius 3 is 1.85 bits per heavy atom. The second-order valence-electron chi connectivity index (χ2n) is 5.55. The third-order valence-corrected chi connectivity index (χ3v) is 3.79. The Morgan fingerprint density at radius 1 is 0.800 bits per heavy atom.